The highest BCUT2D eigenvalue weighted by Crippen LogP contribution is 2.42. The van der Waals surface area contributed by atoms with Gasteiger partial charge in [0, 0.05) is 66.4 Å². The van der Waals surface area contributed by atoms with Crippen LogP contribution in [0.4, 0.5) is 4.79 Å². The van der Waals surface area contributed by atoms with Gasteiger partial charge >= 0.3 is 6.03 Å². The first kappa shape index (κ1) is 23.6. The number of fused-ring (bicyclic) bond motifs is 3. The van der Waals surface area contributed by atoms with Crippen LogP contribution in [0.2, 0.25) is 0 Å². The molecule has 5 heterocycles. The number of carbonyl (C=O) groups excluding carboxylic acids is 1. The van der Waals surface area contributed by atoms with Gasteiger partial charge in [-0.3, -0.25) is 9.88 Å². The molecule has 178 valence electrons. The van der Waals surface area contributed by atoms with Crippen LogP contribution in [0.1, 0.15) is 76.6 Å². The Morgan fingerprint density at radius 1 is 1.18 bits per heavy atom. The fraction of sp³-hybridized carbons (Fsp3) is 0.615. The van der Waals surface area contributed by atoms with Crippen molar-refractivity contribution < 1.29 is 4.79 Å². The maximum absolute atomic E-state index is 12.1. The molecule has 1 unspecified atom stereocenters. The van der Waals surface area contributed by atoms with Crippen LogP contribution < -0.4 is 10.6 Å². The molecule has 2 amide bonds. The van der Waals surface area contributed by atoms with Crippen molar-refractivity contribution in [3.05, 3.63) is 42.0 Å². The van der Waals surface area contributed by atoms with Crippen LogP contribution in [0.15, 0.2) is 30.6 Å². The van der Waals surface area contributed by atoms with Crippen molar-refractivity contribution in [1.29, 1.82) is 0 Å². The van der Waals surface area contributed by atoms with Crippen LogP contribution >= 0.6 is 0 Å². The van der Waals surface area contributed by atoms with Gasteiger partial charge < -0.3 is 10.6 Å². The number of hydrogen-bond donors (Lipinski definition) is 2. The summed E-state index contributed by atoms with van der Waals surface area (Å²) in [4.78, 5) is 28.8. The van der Waals surface area contributed by atoms with E-state index in [0.717, 1.165) is 49.4 Å². The molecule has 0 aliphatic carbocycles. The molecule has 3 aliphatic rings. The van der Waals surface area contributed by atoms with E-state index in [0.29, 0.717) is 30.3 Å². The molecule has 2 aromatic heterocycles. The molecule has 3 aliphatic heterocycles. The maximum atomic E-state index is 12.1. The van der Waals surface area contributed by atoms with Crippen molar-refractivity contribution in [2.45, 2.75) is 77.3 Å². The predicted octanol–water partition coefficient (Wildman–Crippen LogP) is 4.33. The molecular formula is C26H38N6O. The fourth-order valence-corrected chi connectivity index (χ4v) is 5.43. The maximum Gasteiger partial charge on any atom is 0.315 e. The highest BCUT2D eigenvalue weighted by atomic mass is 16.2. The third kappa shape index (κ3) is 5.52. The second-order valence-corrected chi connectivity index (χ2v) is 9.84. The molecule has 2 N–H and O–H groups in total. The SMILES string of the molecule is CCC(CC)c1cc([C@H]2CN3CC[C@@H]2C[C@@H]3CNC(=O)NC(C)C)nc(-c2ccncc2)n1. The summed E-state index contributed by atoms with van der Waals surface area (Å²) in [5.74, 6) is 2.27. The lowest BCUT2D eigenvalue weighted by atomic mass is 9.74. The Morgan fingerprint density at radius 2 is 1.94 bits per heavy atom. The standard InChI is InChI=1S/C26H38N6O/c1-5-18(6-2)23-14-24(31-25(30-23)19-7-10-27-11-8-19)22-16-32-12-9-20(22)13-21(32)15-28-26(33)29-17(3)4/h7-8,10-11,14,17-18,20-22H,5-6,9,12-13,15-16H2,1-4H3,(H2,28,29,33)/t20-,21-,22+/m1/s1. The van der Waals surface area contributed by atoms with E-state index < -0.39 is 0 Å². The third-order valence-electron chi connectivity index (χ3n) is 7.28. The summed E-state index contributed by atoms with van der Waals surface area (Å²) < 4.78 is 0. The smallest absolute Gasteiger partial charge is 0.315 e. The van der Waals surface area contributed by atoms with Crippen LogP contribution in [0, 0.1) is 5.92 Å². The van der Waals surface area contributed by atoms with Crippen molar-refractivity contribution in [3.8, 4) is 11.4 Å². The molecular weight excluding hydrogens is 412 g/mol. The van der Waals surface area contributed by atoms with Crippen LogP contribution in [0.3, 0.4) is 0 Å². The number of piperidine rings is 3. The monoisotopic (exact) mass is 450 g/mol. The number of hydrogen-bond acceptors (Lipinski definition) is 5. The number of aromatic nitrogens is 3. The fourth-order valence-electron chi connectivity index (χ4n) is 5.43. The Morgan fingerprint density at radius 3 is 2.58 bits per heavy atom. The van der Waals surface area contributed by atoms with Gasteiger partial charge in [-0.2, -0.15) is 0 Å². The minimum Gasteiger partial charge on any atom is -0.337 e. The van der Waals surface area contributed by atoms with Gasteiger partial charge in [-0.05, 0) is 70.2 Å². The molecule has 0 radical (unpaired) electrons. The zero-order valence-corrected chi connectivity index (χ0v) is 20.4. The van der Waals surface area contributed by atoms with E-state index in [1.54, 1.807) is 0 Å². The lowest BCUT2D eigenvalue weighted by molar-refractivity contribution is 0.0305. The van der Waals surface area contributed by atoms with Gasteiger partial charge in [-0.15, -0.1) is 0 Å². The van der Waals surface area contributed by atoms with Crippen molar-refractivity contribution >= 4 is 6.03 Å². The molecule has 4 atom stereocenters. The molecule has 3 saturated heterocycles. The van der Waals surface area contributed by atoms with E-state index in [1.807, 2.05) is 38.4 Å². The van der Waals surface area contributed by atoms with E-state index in [4.69, 9.17) is 9.97 Å². The zero-order valence-electron chi connectivity index (χ0n) is 20.4. The van der Waals surface area contributed by atoms with E-state index >= 15 is 0 Å². The lowest BCUT2D eigenvalue weighted by Gasteiger charge is -2.49. The van der Waals surface area contributed by atoms with Gasteiger partial charge in [0.05, 0.1) is 0 Å². The van der Waals surface area contributed by atoms with Crippen LogP contribution in [-0.4, -0.2) is 57.6 Å². The number of urea groups is 1. The first-order chi connectivity index (χ1) is 16.0. The first-order valence-corrected chi connectivity index (χ1v) is 12.6. The molecule has 7 heteroatoms. The average Bonchev–Trinajstić information content (AvgIpc) is 2.84. The van der Waals surface area contributed by atoms with Crippen LogP contribution in [0.5, 0.6) is 0 Å². The topological polar surface area (TPSA) is 83.0 Å². The second kappa shape index (κ2) is 10.6. The number of carbonyl (C=O) groups is 1. The molecule has 7 nitrogen and oxygen atoms in total. The summed E-state index contributed by atoms with van der Waals surface area (Å²) in [7, 11) is 0. The van der Waals surface area contributed by atoms with Gasteiger partial charge in [0.25, 0.3) is 0 Å². The third-order valence-corrected chi connectivity index (χ3v) is 7.28. The summed E-state index contributed by atoms with van der Waals surface area (Å²) in [6, 6.07) is 6.74. The second-order valence-electron chi connectivity index (χ2n) is 9.84. The Bertz CT molecular complexity index is 930. The highest BCUT2D eigenvalue weighted by Gasteiger charge is 2.41. The van der Waals surface area contributed by atoms with E-state index in [-0.39, 0.29) is 12.1 Å². The largest absolute Gasteiger partial charge is 0.337 e. The summed E-state index contributed by atoms with van der Waals surface area (Å²) in [5, 5.41) is 5.99. The molecule has 5 rings (SSSR count). The summed E-state index contributed by atoms with van der Waals surface area (Å²) >= 11 is 0. The molecule has 0 saturated carbocycles. The predicted molar refractivity (Wildman–Crippen MR) is 131 cm³/mol. The molecule has 0 aromatic carbocycles. The molecule has 2 bridgehead atoms. The summed E-state index contributed by atoms with van der Waals surface area (Å²) in [6.07, 6.45) is 8.06. The lowest BCUT2D eigenvalue weighted by Crippen LogP contribution is -2.57. The Balaban J connectivity index is 1.54. The van der Waals surface area contributed by atoms with Gasteiger partial charge in [-0.1, -0.05) is 13.8 Å². The molecule has 33 heavy (non-hydrogen) atoms. The van der Waals surface area contributed by atoms with Gasteiger partial charge in [-0.25, -0.2) is 14.8 Å². The quantitative estimate of drug-likeness (QED) is 0.626. The Kier molecular flexibility index (Phi) is 7.58. The number of pyridine rings is 1. The summed E-state index contributed by atoms with van der Waals surface area (Å²) in [5.41, 5.74) is 3.37. The van der Waals surface area contributed by atoms with Gasteiger partial charge in [0.1, 0.15) is 0 Å². The van der Waals surface area contributed by atoms with E-state index in [1.165, 1.54) is 12.1 Å². The van der Waals surface area contributed by atoms with Crippen molar-refractivity contribution in [2.24, 2.45) is 5.92 Å². The van der Waals surface area contributed by atoms with Crippen LogP contribution in [-0.2, 0) is 0 Å². The number of nitrogens with one attached hydrogen (secondary N) is 2. The van der Waals surface area contributed by atoms with E-state index in [9.17, 15) is 4.79 Å². The average molecular weight is 451 g/mol. The Labute approximate surface area is 197 Å². The van der Waals surface area contributed by atoms with E-state index in [2.05, 4.69) is 40.4 Å². The summed E-state index contributed by atoms with van der Waals surface area (Å²) in [6.45, 7) is 11.2. The Hall–Kier alpha value is -2.54. The minimum atomic E-state index is -0.0724. The van der Waals surface area contributed by atoms with Crippen molar-refractivity contribution in [2.75, 3.05) is 19.6 Å². The number of nitrogens with zero attached hydrogens (tertiary/aromatic N) is 4. The minimum absolute atomic E-state index is 0.0724. The number of rotatable bonds is 8. The van der Waals surface area contributed by atoms with Crippen molar-refractivity contribution in [1.82, 2.24) is 30.5 Å². The zero-order chi connectivity index (χ0) is 23.4. The van der Waals surface area contributed by atoms with Gasteiger partial charge in [0.2, 0.25) is 0 Å². The first-order valence-electron chi connectivity index (χ1n) is 12.6. The molecule has 0 spiro atoms. The van der Waals surface area contributed by atoms with Crippen LogP contribution in [0.25, 0.3) is 11.4 Å². The van der Waals surface area contributed by atoms with Crippen molar-refractivity contribution in [3.63, 3.8) is 0 Å². The normalized spacial score (nSPS) is 24.3. The molecule has 2 aromatic rings. The number of amides is 2. The molecule has 3 fully saturated rings. The highest BCUT2D eigenvalue weighted by molar-refractivity contribution is 5.74. The van der Waals surface area contributed by atoms with Gasteiger partial charge in [0.15, 0.2) is 5.82 Å².